The Morgan fingerprint density at radius 2 is 1.81 bits per heavy atom. The van der Waals surface area contributed by atoms with Crippen LogP contribution in [0.5, 0.6) is 0 Å². The normalized spacial score (nSPS) is 19.5. The van der Waals surface area contributed by atoms with Crippen molar-refractivity contribution in [2.75, 3.05) is 23.8 Å². The van der Waals surface area contributed by atoms with Gasteiger partial charge in [-0.05, 0) is 49.4 Å². The van der Waals surface area contributed by atoms with Crippen molar-refractivity contribution in [2.45, 2.75) is 32.1 Å². The monoisotopic (exact) mass is 445 g/mol. The molecule has 0 saturated carbocycles. The summed E-state index contributed by atoms with van der Waals surface area (Å²) in [6.07, 6.45) is 2.29. The molecule has 3 rings (SSSR count). The molecule has 1 aliphatic heterocycles. The maximum Gasteiger partial charge on any atom is 0.337 e. The van der Waals surface area contributed by atoms with Gasteiger partial charge in [-0.2, -0.15) is 4.31 Å². The molecule has 0 radical (unpaired) electrons. The number of anilines is 2. The smallest absolute Gasteiger partial charge is 0.307 e. The van der Waals surface area contributed by atoms with Crippen molar-refractivity contribution in [1.29, 1.82) is 0 Å². The van der Waals surface area contributed by atoms with Crippen LogP contribution in [-0.4, -0.2) is 42.6 Å². The molecule has 9 nitrogen and oxygen atoms in total. The average molecular weight is 446 g/mol. The Morgan fingerprint density at radius 1 is 1.10 bits per heavy atom. The predicted octanol–water partition coefficient (Wildman–Crippen LogP) is 3.10. The number of nitrogens with zero attached hydrogens (tertiary/aromatic N) is 2. The number of amides is 2. The predicted molar refractivity (Wildman–Crippen MR) is 118 cm³/mol. The number of pyridine rings is 1. The Labute approximate surface area is 182 Å². The van der Waals surface area contributed by atoms with Gasteiger partial charge in [0.15, 0.2) is 5.78 Å². The highest BCUT2D eigenvalue weighted by atomic mass is 32.2. The largest absolute Gasteiger partial charge is 0.337 e. The minimum atomic E-state index is -3.61. The zero-order valence-electron chi connectivity index (χ0n) is 17.8. The number of aromatic nitrogens is 1. The number of hydrogen-bond donors (Lipinski definition) is 3. The van der Waals surface area contributed by atoms with E-state index in [-0.39, 0.29) is 16.5 Å². The first-order valence-corrected chi connectivity index (χ1v) is 11.5. The average Bonchev–Trinajstić information content (AvgIpc) is 2.72. The molecule has 1 aliphatic rings. The Bertz CT molecular complexity index is 1050. The van der Waals surface area contributed by atoms with E-state index in [0.717, 1.165) is 6.42 Å². The second kappa shape index (κ2) is 9.44. The van der Waals surface area contributed by atoms with Crippen LogP contribution in [0.3, 0.4) is 0 Å². The molecular formula is C21H27N5O4S. The van der Waals surface area contributed by atoms with Gasteiger partial charge in [0.2, 0.25) is 10.0 Å². The quantitative estimate of drug-likeness (QED) is 0.464. The lowest BCUT2D eigenvalue weighted by Crippen LogP contribution is -2.42. The Hall–Kier alpha value is -2.98. The van der Waals surface area contributed by atoms with E-state index in [4.69, 9.17) is 0 Å². The van der Waals surface area contributed by atoms with Crippen molar-refractivity contribution >= 4 is 33.3 Å². The molecule has 31 heavy (non-hydrogen) atoms. The number of benzene rings is 1. The summed E-state index contributed by atoms with van der Waals surface area (Å²) in [4.78, 5) is 27.7. The van der Waals surface area contributed by atoms with Crippen LogP contribution < -0.4 is 16.2 Å². The van der Waals surface area contributed by atoms with E-state index in [1.54, 1.807) is 24.3 Å². The van der Waals surface area contributed by atoms with Crippen LogP contribution in [0.2, 0.25) is 0 Å². The van der Waals surface area contributed by atoms with Crippen molar-refractivity contribution in [2.24, 2.45) is 11.8 Å². The Balaban J connectivity index is 1.58. The molecule has 1 aromatic heterocycles. The molecule has 1 saturated heterocycles. The molecule has 2 unspecified atom stereocenters. The fourth-order valence-electron chi connectivity index (χ4n) is 3.66. The van der Waals surface area contributed by atoms with Gasteiger partial charge in [0.25, 0.3) is 0 Å². The molecule has 3 N–H and O–H groups in total. The Morgan fingerprint density at radius 3 is 2.42 bits per heavy atom. The highest BCUT2D eigenvalue weighted by Crippen LogP contribution is 2.26. The summed E-state index contributed by atoms with van der Waals surface area (Å²) in [7, 11) is -3.61. The van der Waals surface area contributed by atoms with Crippen molar-refractivity contribution in [3.63, 3.8) is 0 Å². The van der Waals surface area contributed by atoms with Crippen LogP contribution in [0.15, 0.2) is 47.5 Å². The van der Waals surface area contributed by atoms with Gasteiger partial charge < -0.3 is 5.32 Å². The van der Waals surface area contributed by atoms with E-state index in [0.29, 0.717) is 36.2 Å². The van der Waals surface area contributed by atoms with Crippen molar-refractivity contribution in [1.82, 2.24) is 14.7 Å². The number of ketones is 1. The lowest BCUT2D eigenvalue weighted by molar-refractivity contribution is 0.101. The molecule has 2 amide bonds. The number of carbonyl (C=O) groups is 2. The van der Waals surface area contributed by atoms with E-state index in [1.807, 2.05) is 0 Å². The first-order chi connectivity index (χ1) is 14.6. The number of Topliss-reactive ketones (excluding diaryl/α,β-unsaturated/α-hetero) is 1. The molecular weight excluding hydrogens is 418 g/mol. The van der Waals surface area contributed by atoms with Gasteiger partial charge in [-0.25, -0.2) is 18.2 Å². The summed E-state index contributed by atoms with van der Waals surface area (Å²) in [5.41, 5.74) is 6.00. The molecule has 0 bridgehead atoms. The molecule has 0 spiro atoms. The molecule has 2 atom stereocenters. The van der Waals surface area contributed by atoms with Crippen LogP contribution in [0.4, 0.5) is 16.3 Å². The molecule has 2 heterocycles. The number of piperidine rings is 1. The lowest BCUT2D eigenvalue weighted by atomic mass is 9.94. The van der Waals surface area contributed by atoms with Gasteiger partial charge in [-0.3, -0.25) is 15.6 Å². The summed E-state index contributed by atoms with van der Waals surface area (Å²) in [6, 6.07) is 8.95. The first kappa shape index (κ1) is 22.7. The summed E-state index contributed by atoms with van der Waals surface area (Å²) < 4.78 is 27.3. The van der Waals surface area contributed by atoms with Gasteiger partial charge in [-0.15, -0.1) is 0 Å². The van der Waals surface area contributed by atoms with Gasteiger partial charge in [0, 0.05) is 30.5 Å². The molecule has 1 fully saturated rings. The van der Waals surface area contributed by atoms with Crippen molar-refractivity contribution < 1.29 is 18.0 Å². The van der Waals surface area contributed by atoms with E-state index in [9.17, 15) is 18.0 Å². The maximum atomic E-state index is 12.9. The third kappa shape index (κ3) is 5.80. The maximum absolute atomic E-state index is 12.9. The van der Waals surface area contributed by atoms with Crippen LogP contribution in [-0.2, 0) is 10.0 Å². The number of sulfonamides is 1. The van der Waals surface area contributed by atoms with Gasteiger partial charge in [0.1, 0.15) is 10.7 Å². The van der Waals surface area contributed by atoms with Crippen LogP contribution in [0.1, 0.15) is 37.6 Å². The first-order valence-electron chi connectivity index (χ1n) is 10.1. The molecule has 1 aromatic carbocycles. The van der Waals surface area contributed by atoms with E-state index < -0.39 is 16.1 Å². The fraction of sp³-hybridized carbons (Fsp3) is 0.381. The highest BCUT2D eigenvalue weighted by Gasteiger charge is 2.31. The van der Waals surface area contributed by atoms with Crippen molar-refractivity contribution in [3.8, 4) is 0 Å². The number of nitrogens with one attached hydrogen (secondary N) is 3. The van der Waals surface area contributed by atoms with Crippen LogP contribution in [0.25, 0.3) is 0 Å². The fourth-order valence-corrected chi connectivity index (χ4v) is 5.28. The minimum absolute atomic E-state index is 0.102. The number of urea groups is 1. The summed E-state index contributed by atoms with van der Waals surface area (Å²) in [5, 5.41) is 2.60. The van der Waals surface area contributed by atoms with Gasteiger partial charge in [-0.1, -0.05) is 26.0 Å². The second-order valence-corrected chi connectivity index (χ2v) is 9.93. The van der Waals surface area contributed by atoms with E-state index in [1.165, 1.54) is 29.6 Å². The number of hydrogen-bond acceptors (Lipinski definition) is 6. The number of hydrazine groups is 1. The third-order valence-corrected chi connectivity index (χ3v) is 6.86. The topological polar surface area (TPSA) is 120 Å². The Kier molecular flexibility index (Phi) is 6.91. The summed E-state index contributed by atoms with van der Waals surface area (Å²) in [6.45, 7) is 6.55. The van der Waals surface area contributed by atoms with Crippen LogP contribution in [0, 0.1) is 11.8 Å². The standard InChI is InChI=1S/C21H27N5O4S/c1-14-9-15(2)13-26(12-14)31(29,30)19-7-8-20(22-11-19)24-25-21(28)23-18-6-4-5-17(10-18)16(3)27/h4-8,10-11,14-15H,9,12-13H2,1-3H3,(H,22,24)(H2,23,25,28). The second-order valence-electron chi connectivity index (χ2n) is 7.99. The SMILES string of the molecule is CC(=O)c1cccc(NC(=O)NNc2ccc(S(=O)(=O)N3CC(C)CC(C)C3)cn2)c1. The number of rotatable bonds is 6. The molecule has 2 aromatic rings. The summed E-state index contributed by atoms with van der Waals surface area (Å²) >= 11 is 0. The molecule has 0 aliphatic carbocycles. The number of carbonyl (C=O) groups excluding carboxylic acids is 2. The van der Waals surface area contributed by atoms with E-state index >= 15 is 0 Å². The minimum Gasteiger partial charge on any atom is -0.307 e. The van der Waals surface area contributed by atoms with Crippen LogP contribution >= 0.6 is 0 Å². The lowest BCUT2D eigenvalue weighted by Gasteiger charge is -2.33. The zero-order valence-corrected chi connectivity index (χ0v) is 18.6. The van der Waals surface area contributed by atoms with Gasteiger partial charge in [0.05, 0.1) is 0 Å². The summed E-state index contributed by atoms with van der Waals surface area (Å²) in [5.74, 6) is 0.805. The van der Waals surface area contributed by atoms with Crippen molar-refractivity contribution in [3.05, 3.63) is 48.2 Å². The third-order valence-electron chi connectivity index (χ3n) is 5.04. The molecule has 166 valence electrons. The van der Waals surface area contributed by atoms with Gasteiger partial charge >= 0.3 is 6.03 Å². The molecule has 10 heteroatoms. The van der Waals surface area contributed by atoms with E-state index in [2.05, 4.69) is 35.0 Å². The zero-order chi connectivity index (χ0) is 22.6. The highest BCUT2D eigenvalue weighted by molar-refractivity contribution is 7.89.